The van der Waals surface area contributed by atoms with Gasteiger partial charge in [-0.25, -0.2) is 0 Å². The van der Waals surface area contributed by atoms with Gasteiger partial charge in [-0.1, -0.05) is 18.2 Å². The lowest BCUT2D eigenvalue weighted by Gasteiger charge is -2.05. The molecule has 0 saturated carbocycles. The van der Waals surface area contributed by atoms with Crippen LogP contribution in [0.2, 0.25) is 0 Å². The number of amides is 1. The van der Waals surface area contributed by atoms with Crippen LogP contribution in [0.4, 0.5) is 5.69 Å². The second-order valence-electron chi connectivity index (χ2n) is 3.74. The normalized spacial score (nSPS) is 10.2. The molecule has 0 aliphatic carbocycles. The van der Waals surface area contributed by atoms with Crippen LogP contribution in [0.1, 0.15) is 21.9 Å². The van der Waals surface area contributed by atoms with Crippen LogP contribution in [0.15, 0.2) is 40.8 Å². The molecule has 4 nitrogen and oxygen atoms in total. The van der Waals surface area contributed by atoms with Crippen molar-refractivity contribution in [1.82, 2.24) is 0 Å². The average molecular weight is 230 g/mol. The van der Waals surface area contributed by atoms with Gasteiger partial charge >= 0.3 is 0 Å². The quantitative estimate of drug-likeness (QED) is 0.850. The smallest absolute Gasteiger partial charge is 0.291 e. The van der Waals surface area contributed by atoms with Crippen molar-refractivity contribution >= 4 is 11.6 Å². The van der Waals surface area contributed by atoms with Crippen molar-refractivity contribution in [2.24, 2.45) is 5.73 Å². The van der Waals surface area contributed by atoms with Crippen LogP contribution in [0.3, 0.4) is 0 Å². The second-order valence-corrected chi connectivity index (χ2v) is 3.74. The highest BCUT2D eigenvalue weighted by Gasteiger charge is 2.11. The summed E-state index contributed by atoms with van der Waals surface area (Å²) >= 11 is 0. The highest BCUT2D eigenvalue weighted by Crippen LogP contribution is 2.15. The summed E-state index contributed by atoms with van der Waals surface area (Å²) in [6.45, 7) is 2.22. The van der Waals surface area contributed by atoms with E-state index in [0.29, 0.717) is 5.76 Å². The van der Waals surface area contributed by atoms with Gasteiger partial charge in [0.2, 0.25) is 0 Å². The molecule has 0 unspecified atom stereocenters. The fourth-order valence-corrected chi connectivity index (χ4v) is 1.51. The van der Waals surface area contributed by atoms with Crippen molar-refractivity contribution in [2.75, 3.05) is 5.32 Å². The molecule has 0 fully saturated rings. The maximum atomic E-state index is 11.8. The Balaban J connectivity index is 2.14. The number of carbonyl (C=O) groups is 1. The molecule has 17 heavy (non-hydrogen) atoms. The van der Waals surface area contributed by atoms with E-state index in [1.807, 2.05) is 31.2 Å². The lowest BCUT2D eigenvalue weighted by atomic mass is 10.2. The Kier molecular flexibility index (Phi) is 3.25. The van der Waals surface area contributed by atoms with Gasteiger partial charge < -0.3 is 15.5 Å². The summed E-state index contributed by atoms with van der Waals surface area (Å²) in [6.07, 6.45) is 0. The fraction of sp³-hybridized carbons (Fsp3) is 0.154. The van der Waals surface area contributed by atoms with E-state index in [1.165, 1.54) is 0 Å². The molecular formula is C13H14N2O2. The third-order valence-electron chi connectivity index (χ3n) is 2.48. The average Bonchev–Trinajstić information content (AvgIpc) is 2.81. The standard InChI is InChI=1S/C13H14N2O2/c1-9-4-2-3-5-11(9)15-13(16)12-7-6-10(8-14)17-12/h2-7H,8,14H2,1H3,(H,15,16). The predicted octanol–water partition coefficient (Wildman–Crippen LogP) is 2.30. The van der Waals surface area contributed by atoms with Gasteiger partial charge in [0.1, 0.15) is 5.76 Å². The van der Waals surface area contributed by atoms with Gasteiger partial charge in [-0.3, -0.25) is 4.79 Å². The minimum absolute atomic E-state index is 0.265. The van der Waals surface area contributed by atoms with Crippen LogP contribution < -0.4 is 11.1 Å². The number of carbonyl (C=O) groups excluding carboxylic acids is 1. The molecule has 2 aromatic rings. The summed E-state index contributed by atoms with van der Waals surface area (Å²) in [5.41, 5.74) is 7.20. The fourth-order valence-electron chi connectivity index (χ4n) is 1.51. The van der Waals surface area contributed by atoms with Crippen LogP contribution >= 0.6 is 0 Å². The van der Waals surface area contributed by atoms with Crippen LogP contribution in [-0.2, 0) is 6.54 Å². The zero-order valence-corrected chi connectivity index (χ0v) is 9.57. The molecular weight excluding hydrogens is 216 g/mol. The minimum Gasteiger partial charge on any atom is -0.455 e. The van der Waals surface area contributed by atoms with Gasteiger partial charge in [-0.2, -0.15) is 0 Å². The van der Waals surface area contributed by atoms with Gasteiger partial charge in [0.25, 0.3) is 5.91 Å². The van der Waals surface area contributed by atoms with E-state index in [9.17, 15) is 4.79 Å². The number of aryl methyl sites for hydroxylation is 1. The first kappa shape index (κ1) is 11.4. The number of para-hydroxylation sites is 1. The van der Waals surface area contributed by atoms with Crippen molar-refractivity contribution in [2.45, 2.75) is 13.5 Å². The monoisotopic (exact) mass is 230 g/mol. The van der Waals surface area contributed by atoms with E-state index >= 15 is 0 Å². The first-order chi connectivity index (χ1) is 8.20. The number of benzene rings is 1. The molecule has 3 N–H and O–H groups in total. The molecule has 0 aliphatic heterocycles. The van der Waals surface area contributed by atoms with E-state index < -0.39 is 0 Å². The summed E-state index contributed by atoms with van der Waals surface area (Å²) in [5, 5.41) is 2.79. The van der Waals surface area contributed by atoms with Gasteiger partial charge in [-0.15, -0.1) is 0 Å². The summed E-state index contributed by atoms with van der Waals surface area (Å²) in [7, 11) is 0. The first-order valence-corrected chi connectivity index (χ1v) is 5.36. The lowest BCUT2D eigenvalue weighted by molar-refractivity contribution is 0.0995. The highest BCUT2D eigenvalue weighted by molar-refractivity contribution is 6.02. The molecule has 0 aliphatic rings. The number of nitrogens with two attached hydrogens (primary N) is 1. The third kappa shape index (κ3) is 2.54. The van der Waals surface area contributed by atoms with Crippen molar-refractivity contribution in [1.29, 1.82) is 0 Å². The zero-order valence-electron chi connectivity index (χ0n) is 9.57. The zero-order chi connectivity index (χ0) is 12.3. The molecule has 88 valence electrons. The van der Waals surface area contributed by atoms with Crippen LogP contribution in [0, 0.1) is 6.92 Å². The molecule has 0 saturated heterocycles. The third-order valence-corrected chi connectivity index (χ3v) is 2.48. The molecule has 0 atom stereocenters. The summed E-state index contributed by atoms with van der Waals surface area (Å²) < 4.78 is 5.27. The predicted molar refractivity (Wildman–Crippen MR) is 65.7 cm³/mol. The summed E-state index contributed by atoms with van der Waals surface area (Å²) in [5.74, 6) is 0.604. The number of hydrogen-bond donors (Lipinski definition) is 2. The van der Waals surface area contributed by atoms with Gasteiger partial charge in [0.05, 0.1) is 6.54 Å². The number of rotatable bonds is 3. The second kappa shape index (κ2) is 4.84. The van der Waals surface area contributed by atoms with Crippen molar-refractivity contribution in [3.8, 4) is 0 Å². The number of nitrogens with one attached hydrogen (secondary N) is 1. The van der Waals surface area contributed by atoms with E-state index in [2.05, 4.69) is 5.32 Å². The number of hydrogen-bond acceptors (Lipinski definition) is 3. The highest BCUT2D eigenvalue weighted by atomic mass is 16.4. The molecule has 0 spiro atoms. The van der Waals surface area contributed by atoms with Gasteiger partial charge in [0, 0.05) is 5.69 Å². The Morgan fingerprint density at radius 3 is 2.71 bits per heavy atom. The largest absolute Gasteiger partial charge is 0.455 e. The maximum Gasteiger partial charge on any atom is 0.291 e. The summed E-state index contributed by atoms with van der Waals surface area (Å²) in [4.78, 5) is 11.8. The number of furan rings is 1. The molecule has 1 aromatic heterocycles. The Morgan fingerprint density at radius 2 is 2.06 bits per heavy atom. The minimum atomic E-state index is -0.265. The Bertz CT molecular complexity index is 532. The molecule has 1 aromatic carbocycles. The molecule has 4 heteroatoms. The van der Waals surface area contributed by atoms with Crippen LogP contribution in [-0.4, -0.2) is 5.91 Å². The van der Waals surface area contributed by atoms with E-state index in [-0.39, 0.29) is 18.2 Å². The summed E-state index contributed by atoms with van der Waals surface area (Å²) in [6, 6.07) is 10.9. The van der Waals surface area contributed by atoms with Gasteiger partial charge in [-0.05, 0) is 30.7 Å². The van der Waals surface area contributed by atoms with Crippen molar-refractivity contribution in [3.63, 3.8) is 0 Å². The van der Waals surface area contributed by atoms with E-state index in [1.54, 1.807) is 12.1 Å². The molecule has 1 amide bonds. The Hall–Kier alpha value is -2.07. The SMILES string of the molecule is Cc1ccccc1NC(=O)c1ccc(CN)o1. The van der Waals surface area contributed by atoms with Gasteiger partial charge in [0.15, 0.2) is 5.76 Å². The topological polar surface area (TPSA) is 68.3 Å². The molecule has 2 rings (SSSR count). The Morgan fingerprint density at radius 1 is 1.29 bits per heavy atom. The van der Waals surface area contributed by atoms with Crippen molar-refractivity contribution < 1.29 is 9.21 Å². The number of anilines is 1. The molecule has 1 heterocycles. The maximum absolute atomic E-state index is 11.8. The lowest BCUT2D eigenvalue weighted by Crippen LogP contribution is -2.11. The van der Waals surface area contributed by atoms with Crippen molar-refractivity contribution in [3.05, 3.63) is 53.5 Å². The Labute approximate surface area is 99.4 Å². The van der Waals surface area contributed by atoms with E-state index in [0.717, 1.165) is 11.3 Å². The van der Waals surface area contributed by atoms with Crippen LogP contribution in [0.25, 0.3) is 0 Å². The van der Waals surface area contributed by atoms with E-state index in [4.69, 9.17) is 10.2 Å². The molecule has 0 bridgehead atoms. The first-order valence-electron chi connectivity index (χ1n) is 5.36. The molecule has 0 radical (unpaired) electrons. The van der Waals surface area contributed by atoms with Crippen LogP contribution in [0.5, 0.6) is 0 Å².